The predicted octanol–water partition coefficient (Wildman–Crippen LogP) is 1.21. The van der Waals surface area contributed by atoms with E-state index >= 15 is 0 Å². The molecule has 164 valence electrons. The maximum Gasteiger partial charge on any atom is 0.320 e. The van der Waals surface area contributed by atoms with Crippen molar-refractivity contribution >= 4 is 23.4 Å². The molecule has 31 heavy (non-hydrogen) atoms. The third-order valence-corrected chi connectivity index (χ3v) is 7.69. The Kier molecular flexibility index (Phi) is 4.33. The summed E-state index contributed by atoms with van der Waals surface area (Å²) in [5.41, 5.74) is 0.850. The fourth-order valence-electron chi connectivity index (χ4n) is 5.90. The first-order chi connectivity index (χ1) is 15.1. The number of rotatable bonds is 3. The molecule has 1 saturated carbocycles. The van der Waals surface area contributed by atoms with Crippen molar-refractivity contribution in [3.8, 4) is 0 Å². The molecule has 3 saturated heterocycles. The van der Waals surface area contributed by atoms with Crippen molar-refractivity contribution in [2.24, 2.45) is 17.8 Å². The summed E-state index contributed by atoms with van der Waals surface area (Å²) in [6.45, 7) is 6.07. The van der Waals surface area contributed by atoms with Crippen LogP contribution >= 0.6 is 0 Å². The van der Waals surface area contributed by atoms with Gasteiger partial charge in [0.25, 0.3) is 0 Å². The van der Waals surface area contributed by atoms with Gasteiger partial charge in [0.05, 0.1) is 0 Å². The molecule has 3 aliphatic heterocycles. The number of carbonyl (C=O) groups is 2. The molecule has 4 aliphatic rings. The van der Waals surface area contributed by atoms with E-state index in [1.165, 1.54) is 0 Å². The largest absolute Gasteiger partial charge is 0.351 e. The summed E-state index contributed by atoms with van der Waals surface area (Å²) in [5, 5.41) is 3.27. The van der Waals surface area contributed by atoms with Gasteiger partial charge in [0.1, 0.15) is 0 Å². The molecule has 1 aliphatic carbocycles. The Morgan fingerprint density at radius 2 is 1.81 bits per heavy atom. The molecular formula is C22H29N7O2. The van der Waals surface area contributed by atoms with Crippen molar-refractivity contribution in [1.29, 1.82) is 0 Å². The first kappa shape index (κ1) is 18.9. The topological polar surface area (TPSA) is 86.1 Å². The molecule has 2 aromatic heterocycles. The van der Waals surface area contributed by atoms with Gasteiger partial charge in [0, 0.05) is 75.5 Å². The Balaban J connectivity index is 1.02. The van der Waals surface area contributed by atoms with E-state index in [0.29, 0.717) is 17.9 Å². The van der Waals surface area contributed by atoms with E-state index in [0.717, 1.165) is 63.5 Å². The molecular weight excluding hydrogens is 394 g/mol. The SMILES string of the molecule is C[C@H]1CCCN1C(=O)N1C[C@@H]2C(C(=O)N[C@H]3CCN(c4nccn5ccnc45)C3)[C@@H]2C1. The number of anilines is 1. The maximum atomic E-state index is 12.9. The highest BCUT2D eigenvalue weighted by atomic mass is 16.2. The van der Waals surface area contributed by atoms with Gasteiger partial charge < -0.3 is 24.4 Å². The molecule has 5 heterocycles. The van der Waals surface area contributed by atoms with Crippen molar-refractivity contribution in [2.75, 3.05) is 37.6 Å². The highest BCUT2D eigenvalue weighted by molar-refractivity contribution is 5.84. The Bertz CT molecular complexity index is 1010. The van der Waals surface area contributed by atoms with Gasteiger partial charge in [0.2, 0.25) is 5.91 Å². The molecule has 5 atom stereocenters. The van der Waals surface area contributed by atoms with Crippen LogP contribution in [0.3, 0.4) is 0 Å². The first-order valence-electron chi connectivity index (χ1n) is 11.5. The minimum Gasteiger partial charge on any atom is -0.351 e. The van der Waals surface area contributed by atoms with Crippen LogP contribution in [0, 0.1) is 17.8 Å². The van der Waals surface area contributed by atoms with Gasteiger partial charge in [-0.15, -0.1) is 0 Å². The zero-order valence-corrected chi connectivity index (χ0v) is 17.9. The zero-order chi connectivity index (χ0) is 21.1. The summed E-state index contributed by atoms with van der Waals surface area (Å²) in [5.74, 6) is 1.77. The van der Waals surface area contributed by atoms with E-state index in [1.54, 1.807) is 12.4 Å². The molecule has 0 spiro atoms. The van der Waals surface area contributed by atoms with E-state index in [1.807, 2.05) is 26.6 Å². The van der Waals surface area contributed by atoms with Crippen molar-refractivity contribution in [1.82, 2.24) is 29.5 Å². The third-order valence-electron chi connectivity index (χ3n) is 7.69. The lowest BCUT2D eigenvalue weighted by Gasteiger charge is -2.29. The number of fused-ring (bicyclic) bond motifs is 2. The number of amides is 3. The fraction of sp³-hybridized carbons (Fsp3) is 0.636. The second-order valence-electron chi connectivity index (χ2n) is 9.57. The lowest BCUT2D eigenvalue weighted by molar-refractivity contribution is -0.123. The minimum absolute atomic E-state index is 0.0722. The average Bonchev–Trinajstić information content (AvgIpc) is 3.36. The van der Waals surface area contributed by atoms with Crippen LogP contribution in [0.2, 0.25) is 0 Å². The standard InChI is InChI=1S/C22H29N7O2/c1-14-3-2-7-29(14)22(31)28-12-16-17(13-28)18(16)21(30)25-15-4-8-27(11-15)20-19-23-5-9-26(19)10-6-24-20/h5-6,9-10,14-18H,2-4,7-8,11-13H2,1H3,(H,25,30)/t14-,15-,16-,17+,18?/m0/s1. The van der Waals surface area contributed by atoms with Crippen molar-refractivity contribution < 1.29 is 9.59 Å². The molecule has 4 fully saturated rings. The number of likely N-dealkylation sites (tertiary alicyclic amines) is 2. The highest BCUT2D eigenvalue weighted by Crippen LogP contribution is 2.52. The summed E-state index contributed by atoms with van der Waals surface area (Å²) in [4.78, 5) is 40.8. The van der Waals surface area contributed by atoms with Gasteiger partial charge in [-0.2, -0.15) is 0 Å². The third kappa shape index (κ3) is 3.13. The molecule has 2 aromatic rings. The van der Waals surface area contributed by atoms with Gasteiger partial charge in [-0.05, 0) is 38.0 Å². The van der Waals surface area contributed by atoms with Gasteiger partial charge >= 0.3 is 6.03 Å². The number of aromatic nitrogens is 3. The van der Waals surface area contributed by atoms with Crippen LogP contribution in [0.4, 0.5) is 10.6 Å². The molecule has 9 nitrogen and oxygen atoms in total. The molecule has 6 rings (SSSR count). The fourth-order valence-corrected chi connectivity index (χ4v) is 5.90. The molecule has 0 radical (unpaired) electrons. The smallest absolute Gasteiger partial charge is 0.320 e. The Morgan fingerprint density at radius 3 is 2.55 bits per heavy atom. The number of imidazole rings is 1. The van der Waals surface area contributed by atoms with Gasteiger partial charge in [-0.1, -0.05) is 0 Å². The van der Waals surface area contributed by atoms with Crippen LogP contribution < -0.4 is 10.2 Å². The summed E-state index contributed by atoms with van der Waals surface area (Å²) in [6.07, 6.45) is 10.5. The monoisotopic (exact) mass is 423 g/mol. The Morgan fingerprint density at radius 1 is 1.03 bits per heavy atom. The van der Waals surface area contributed by atoms with E-state index in [-0.39, 0.29) is 23.9 Å². The van der Waals surface area contributed by atoms with Crippen molar-refractivity contribution in [3.05, 3.63) is 24.8 Å². The molecule has 9 heteroatoms. The van der Waals surface area contributed by atoms with Crippen LogP contribution in [-0.4, -0.2) is 80.9 Å². The molecule has 1 unspecified atom stereocenters. The Hall–Kier alpha value is -2.84. The minimum atomic E-state index is 0.0722. The van der Waals surface area contributed by atoms with Crippen molar-refractivity contribution in [2.45, 2.75) is 38.3 Å². The van der Waals surface area contributed by atoms with Crippen LogP contribution in [0.15, 0.2) is 24.8 Å². The predicted molar refractivity (Wildman–Crippen MR) is 115 cm³/mol. The number of urea groups is 1. The number of hydrogen-bond acceptors (Lipinski definition) is 5. The Labute approximate surface area is 181 Å². The van der Waals surface area contributed by atoms with Crippen LogP contribution in [0.25, 0.3) is 5.65 Å². The zero-order valence-electron chi connectivity index (χ0n) is 17.9. The lowest BCUT2D eigenvalue weighted by atomic mass is 10.2. The lowest BCUT2D eigenvalue weighted by Crippen LogP contribution is -2.46. The van der Waals surface area contributed by atoms with E-state index in [4.69, 9.17) is 0 Å². The number of hydrogen-bond donors (Lipinski definition) is 1. The second kappa shape index (κ2) is 7.10. The van der Waals surface area contributed by atoms with E-state index < -0.39 is 0 Å². The summed E-state index contributed by atoms with van der Waals surface area (Å²) in [6, 6.07) is 0.647. The van der Waals surface area contributed by atoms with E-state index in [2.05, 4.69) is 27.1 Å². The number of nitrogens with one attached hydrogen (secondary N) is 1. The second-order valence-corrected chi connectivity index (χ2v) is 9.57. The summed E-state index contributed by atoms with van der Waals surface area (Å²) < 4.78 is 1.97. The number of piperidine rings is 1. The van der Waals surface area contributed by atoms with Crippen LogP contribution in [-0.2, 0) is 4.79 Å². The molecule has 0 bridgehead atoms. The summed E-state index contributed by atoms with van der Waals surface area (Å²) >= 11 is 0. The number of carbonyl (C=O) groups excluding carboxylic acids is 2. The average molecular weight is 424 g/mol. The first-order valence-corrected chi connectivity index (χ1v) is 11.5. The van der Waals surface area contributed by atoms with Crippen LogP contribution in [0.5, 0.6) is 0 Å². The van der Waals surface area contributed by atoms with Gasteiger partial charge in [0.15, 0.2) is 11.5 Å². The molecule has 0 aromatic carbocycles. The summed E-state index contributed by atoms with van der Waals surface area (Å²) in [7, 11) is 0. The number of nitrogens with zero attached hydrogens (tertiary/aromatic N) is 6. The highest BCUT2D eigenvalue weighted by Gasteiger charge is 2.60. The van der Waals surface area contributed by atoms with E-state index in [9.17, 15) is 9.59 Å². The van der Waals surface area contributed by atoms with Gasteiger partial charge in [-0.3, -0.25) is 4.79 Å². The quantitative estimate of drug-likeness (QED) is 0.802. The van der Waals surface area contributed by atoms with Crippen LogP contribution in [0.1, 0.15) is 26.2 Å². The van der Waals surface area contributed by atoms with Gasteiger partial charge in [-0.25, -0.2) is 14.8 Å². The maximum absolute atomic E-state index is 12.9. The molecule has 1 N–H and O–H groups in total. The molecule has 3 amide bonds. The normalized spacial score (nSPS) is 32.0. The van der Waals surface area contributed by atoms with Crippen molar-refractivity contribution in [3.63, 3.8) is 0 Å².